The summed E-state index contributed by atoms with van der Waals surface area (Å²) < 4.78 is 0. The van der Waals surface area contributed by atoms with Crippen molar-refractivity contribution in [3.8, 4) is 0 Å². The van der Waals surface area contributed by atoms with Gasteiger partial charge in [0.2, 0.25) is 0 Å². The summed E-state index contributed by atoms with van der Waals surface area (Å²) in [5.74, 6) is 0.182. The van der Waals surface area contributed by atoms with Crippen molar-refractivity contribution in [3.05, 3.63) is 0 Å². The van der Waals surface area contributed by atoms with Crippen LogP contribution in [0.5, 0.6) is 0 Å². The Hall–Kier alpha value is -0.260. The number of carbonyl (C=O) groups is 1. The van der Waals surface area contributed by atoms with E-state index in [1.54, 1.807) is 0 Å². The molecule has 66 valence electrons. The van der Waals surface area contributed by atoms with Crippen LogP contribution in [0.3, 0.4) is 0 Å². The second-order valence-electron chi connectivity index (χ2n) is 2.56. The molecule has 0 aromatic rings. The molecule has 0 aliphatic rings. The van der Waals surface area contributed by atoms with E-state index in [4.69, 9.17) is 16.6 Å². The molecule has 0 radical (unpaired) electrons. The molecular weight excluding hydrogens is 164 g/mol. The van der Waals surface area contributed by atoms with Crippen LogP contribution in [-0.4, -0.2) is 34.7 Å². The molecular formula is C6H14N2O2S. The molecule has 0 aromatic heterocycles. The van der Waals surface area contributed by atoms with Crippen LogP contribution in [0.25, 0.3) is 0 Å². The quantitative estimate of drug-likeness (QED) is 0.493. The molecule has 1 atom stereocenters. The molecule has 0 rings (SSSR count). The summed E-state index contributed by atoms with van der Waals surface area (Å²) in [4.78, 5) is 10.4. The summed E-state index contributed by atoms with van der Waals surface area (Å²) in [5.41, 5.74) is 9.54. The van der Waals surface area contributed by atoms with Gasteiger partial charge < -0.3 is 16.6 Å². The van der Waals surface area contributed by atoms with Gasteiger partial charge in [-0.2, -0.15) is 11.8 Å². The van der Waals surface area contributed by atoms with Crippen molar-refractivity contribution in [2.75, 3.05) is 18.1 Å². The Kier molecular flexibility index (Phi) is 4.48. The van der Waals surface area contributed by atoms with E-state index in [0.29, 0.717) is 12.3 Å². The lowest BCUT2D eigenvalue weighted by Gasteiger charge is -2.17. The molecule has 5 N–H and O–H groups in total. The zero-order chi connectivity index (χ0) is 8.91. The highest BCUT2D eigenvalue weighted by Crippen LogP contribution is 2.09. The smallest absolute Gasteiger partial charge is 0.324 e. The van der Waals surface area contributed by atoms with Crippen molar-refractivity contribution in [2.45, 2.75) is 12.5 Å². The van der Waals surface area contributed by atoms with Crippen LogP contribution in [0.15, 0.2) is 0 Å². The van der Waals surface area contributed by atoms with Gasteiger partial charge in [0.25, 0.3) is 0 Å². The summed E-state index contributed by atoms with van der Waals surface area (Å²) in [6.45, 7) is 2.05. The van der Waals surface area contributed by atoms with E-state index in [-0.39, 0.29) is 0 Å². The van der Waals surface area contributed by atoms with Crippen LogP contribution in [-0.2, 0) is 4.79 Å². The fourth-order valence-corrected chi connectivity index (χ4v) is 1.29. The third kappa shape index (κ3) is 4.23. The van der Waals surface area contributed by atoms with E-state index in [1.165, 1.54) is 18.7 Å². The van der Waals surface area contributed by atoms with Crippen molar-refractivity contribution in [1.29, 1.82) is 0 Å². The molecule has 0 aromatic carbocycles. The normalized spacial score (nSPS) is 15.9. The van der Waals surface area contributed by atoms with Crippen LogP contribution < -0.4 is 11.5 Å². The summed E-state index contributed by atoms with van der Waals surface area (Å²) in [5, 5.41) is 8.57. The molecule has 0 heterocycles. The molecule has 0 saturated carbocycles. The highest BCUT2D eigenvalue weighted by Gasteiger charge is 2.27. The van der Waals surface area contributed by atoms with Crippen molar-refractivity contribution in [2.24, 2.45) is 11.5 Å². The number of hydrogen-bond donors (Lipinski definition) is 3. The number of carboxylic acid groups (broad SMARTS) is 1. The maximum Gasteiger partial charge on any atom is 0.324 e. The Morgan fingerprint density at radius 2 is 2.27 bits per heavy atom. The van der Waals surface area contributed by atoms with E-state index < -0.39 is 11.5 Å². The van der Waals surface area contributed by atoms with E-state index in [0.717, 1.165) is 5.75 Å². The number of rotatable bonds is 5. The first kappa shape index (κ1) is 10.7. The monoisotopic (exact) mass is 178 g/mol. The fourth-order valence-electron chi connectivity index (χ4n) is 0.429. The van der Waals surface area contributed by atoms with Gasteiger partial charge in [-0.1, -0.05) is 0 Å². The molecule has 0 spiro atoms. The third-order valence-electron chi connectivity index (χ3n) is 1.15. The van der Waals surface area contributed by atoms with Crippen molar-refractivity contribution < 1.29 is 9.90 Å². The van der Waals surface area contributed by atoms with Gasteiger partial charge in [0.1, 0.15) is 5.54 Å². The number of nitrogens with two attached hydrogens (primary N) is 2. The molecule has 11 heavy (non-hydrogen) atoms. The molecule has 0 aliphatic carbocycles. The fraction of sp³-hybridized carbons (Fsp3) is 0.833. The highest BCUT2D eigenvalue weighted by atomic mass is 32.2. The second-order valence-corrected chi connectivity index (χ2v) is 3.67. The minimum Gasteiger partial charge on any atom is -0.480 e. The molecule has 0 aliphatic heterocycles. The molecule has 5 heteroatoms. The second kappa shape index (κ2) is 4.58. The lowest BCUT2D eigenvalue weighted by atomic mass is 10.1. The van der Waals surface area contributed by atoms with Gasteiger partial charge in [-0.05, 0) is 6.92 Å². The third-order valence-corrected chi connectivity index (χ3v) is 2.48. The van der Waals surface area contributed by atoms with Crippen molar-refractivity contribution in [3.63, 3.8) is 0 Å². The topological polar surface area (TPSA) is 89.3 Å². The number of aliphatic carboxylic acids is 1. The standard InChI is InChI=1S/C6H14N2O2S/c1-6(8,5(9)10)4-11-3-2-7/h2-4,7-8H2,1H3,(H,9,10)/t6-/m0/s1. The number of hydrogen-bond acceptors (Lipinski definition) is 4. The van der Waals surface area contributed by atoms with Crippen molar-refractivity contribution in [1.82, 2.24) is 0 Å². The van der Waals surface area contributed by atoms with Crippen LogP contribution in [0, 0.1) is 0 Å². The van der Waals surface area contributed by atoms with Crippen LogP contribution in [0.2, 0.25) is 0 Å². The summed E-state index contributed by atoms with van der Waals surface area (Å²) >= 11 is 1.46. The number of thioether (sulfide) groups is 1. The van der Waals surface area contributed by atoms with Gasteiger partial charge in [0, 0.05) is 18.1 Å². The molecule has 0 unspecified atom stereocenters. The number of carboxylic acids is 1. The Morgan fingerprint density at radius 1 is 1.73 bits per heavy atom. The van der Waals surface area contributed by atoms with E-state index >= 15 is 0 Å². The van der Waals surface area contributed by atoms with Crippen LogP contribution in [0.1, 0.15) is 6.92 Å². The Morgan fingerprint density at radius 3 is 2.64 bits per heavy atom. The highest BCUT2D eigenvalue weighted by molar-refractivity contribution is 7.99. The summed E-state index contributed by atoms with van der Waals surface area (Å²) in [6, 6.07) is 0. The predicted molar refractivity (Wildman–Crippen MR) is 46.6 cm³/mol. The van der Waals surface area contributed by atoms with Gasteiger partial charge in [-0.25, -0.2) is 0 Å². The van der Waals surface area contributed by atoms with Gasteiger partial charge >= 0.3 is 5.97 Å². The zero-order valence-corrected chi connectivity index (χ0v) is 7.36. The minimum absolute atomic E-state index is 0.402. The van der Waals surface area contributed by atoms with Gasteiger partial charge in [0.15, 0.2) is 0 Å². The van der Waals surface area contributed by atoms with E-state index in [9.17, 15) is 4.79 Å². The molecule has 0 saturated heterocycles. The Bertz CT molecular complexity index is 139. The predicted octanol–water partition coefficient (Wildman–Crippen LogP) is -0.520. The van der Waals surface area contributed by atoms with Gasteiger partial charge in [0.05, 0.1) is 0 Å². The van der Waals surface area contributed by atoms with E-state index in [1.807, 2.05) is 0 Å². The molecule has 0 fully saturated rings. The average molecular weight is 178 g/mol. The maximum atomic E-state index is 10.4. The lowest BCUT2D eigenvalue weighted by molar-refractivity contribution is -0.141. The molecule has 4 nitrogen and oxygen atoms in total. The first-order valence-electron chi connectivity index (χ1n) is 3.31. The van der Waals surface area contributed by atoms with Crippen LogP contribution in [0.4, 0.5) is 0 Å². The lowest BCUT2D eigenvalue weighted by Crippen LogP contribution is -2.47. The van der Waals surface area contributed by atoms with Crippen molar-refractivity contribution >= 4 is 17.7 Å². The van der Waals surface area contributed by atoms with Gasteiger partial charge in [-0.15, -0.1) is 0 Å². The molecule has 0 bridgehead atoms. The Balaban J connectivity index is 3.64. The summed E-state index contributed by atoms with van der Waals surface area (Å²) in [6.07, 6.45) is 0. The largest absolute Gasteiger partial charge is 0.480 e. The Labute approximate surface area is 70.3 Å². The minimum atomic E-state index is -1.13. The SMILES string of the molecule is C[C@](N)(CSCCN)C(=O)O. The van der Waals surface area contributed by atoms with E-state index in [2.05, 4.69) is 0 Å². The van der Waals surface area contributed by atoms with Gasteiger partial charge in [-0.3, -0.25) is 4.79 Å². The average Bonchev–Trinajstić information content (AvgIpc) is 1.88. The zero-order valence-electron chi connectivity index (χ0n) is 6.54. The first-order valence-corrected chi connectivity index (χ1v) is 4.46. The van der Waals surface area contributed by atoms with Crippen LogP contribution >= 0.6 is 11.8 Å². The molecule has 0 amide bonds. The summed E-state index contributed by atoms with van der Waals surface area (Å²) in [7, 11) is 0. The first-order chi connectivity index (χ1) is 5.00. The maximum absolute atomic E-state index is 10.4.